The minimum absolute atomic E-state index is 0.165. The third-order valence-corrected chi connectivity index (χ3v) is 3.29. The Bertz CT molecular complexity index is 663. The van der Waals surface area contributed by atoms with E-state index in [0.29, 0.717) is 26.7 Å². The highest BCUT2D eigenvalue weighted by Gasteiger charge is 2.18. The van der Waals surface area contributed by atoms with Gasteiger partial charge in [0.25, 0.3) is 0 Å². The summed E-state index contributed by atoms with van der Waals surface area (Å²) in [5, 5.41) is 0.737. The van der Waals surface area contributed by atoms with E-state index in [1.54, 1.807) is 36.4 Å². The van der Waals surface area contributed by atoms with Gasteiger partial charge >= 0.3 is 0 Å². The highest BCUT2D eigenvalue weighted by Crippen LogP contribution is 2.24. The molecule has 0 aromatic heterocycles. The van der Waals surface area contributed by atoms with Crippen molar-refractivity contribution in [2.24, 2.45) is 0 Å². The summed E-state index contributed by atoms with van der Waals surface area (Å²) in [5.41, 5.74) is 1.01. The van der Waals surface area contributed by atoms with E-state index in [-0.39, 0.29) is 11.6 Å². The van der Waals surface area contributed by atoms with Crippen LogP contribution < -0.4 is 0 Å². The lowest BCUT2D eigenvalue weighted by molar-refractivity contribution is 0.0990. The van der Waals surface area contributed by atoms with E-state index in [1.807, 2.05) is 0 Å². The summed E-state index contributed by atoms with van der Waals surface area (Å²) in [5.74, 6) is -0.472. The summed E-state index contributed by atoms with van der Waals surface area (Å²) in [6.45, 7) is 1.42. The zero-order valence-electron chi connectivity index (χ0n) is 10.1. The molecule has 2 aromatic rings. The van der Waals surface area contributed by atoms with Gasteiger partial charge in [0.2, 0.25) is 0 Å². The molecule has 19 heavy (non-hydrogen) atoms. The minimum atomic E-state index is -0.307. The summed E-state index contributed by atoms with van der Waals surface area (Å²) in [7, 11) is 0. The third kappa shape index (κ3) is 2.86. The quantitative estimate of drug-likeness (QED) is 0.785. The van der Waals surface area contributed by atoms with Crippen molar-refractivity contribution in [3.8, 4) is 0 Å². The smallest absolute Gasteiger partial charge is 0.195 e. The number of benzene rings is 2. The summed E-state index contributed by atoms with van der Waals surface area (Å²) in [6, 6.07) is 11.3. The number of hydrogen-bond acceptors (Lipinski definition) is 2. The summed E-state index contributed by atoms with van der Waals surface area (Å²) >= 11 is 11.9. The number of ketones is 2. The second kappa shape index (κ2) is 5.55. The first-order chi connectivity index (χ1) is 9.00. The molecule has 2 nitrogen and oxygen atoms in total. The van der Waals surface area contributed by atoms with E-state index >= 15 is 0 Å². The molecule has 0 amide bonds. The first-order valence-electron chi connectivity index (χ1n) is 5.60. The van der Waals surface area contributed by atoms with Crippen LogP contribution in [-0.2, 0) is 0 Å². The molecule has 0 aliphatic carbocycles. The van der Waals surface area contributed by atoms with Gasteiger partial charge in [-0.3, -0.25) is 9.59 Å². The van der Waals surface area contributed by atoms with E-state index in [1.165, 1.54) is 13.0 Å². The van der Waals surface area contributed by atoms with Crippen molar-refractivity contribution in [1.29, 1.82) is 0 Å². The van der Waals surface area contributed by atoms with Crippen LogP contribution >= 0.6 is 23.2 Å². The Morgan fingerprint density at radius 1 is 0.895 bits per heavy atom. The maximum absolute atomic E-state index is 12.4. The first-order valence-corrected chi connectivity index (χ1v) is 6.36. The lowest BCUT2D eigenvalue weighted by Gasteiger charge is -2.07. The van der Waals surface area contributed by atoms with Crippen molar-refractivity contribution >= 4 is 34.8 Å². The number of hydrogen-bond donors (Lipinski definition) is 0. The number of carbonyl (C=O) groups is 2. The number of carbonyl (C=O) groups excluding carboxylic acids is 2. The van der Waals surface area contributed by atoms with Gasteiger partial charge in [-0.15, -0.1) is 0 Å². The fourth-order valence-corrected chi connectivity index (χ4v) is 2.18. The van der Waals surface area contributed by atoms with Gasteiger partial charge in [0.05, 0.1) is 5.02 Å². The van der Waals surface area contributed by atoms with Crippen molar-refractivity contribution < 1.29 is 9.59 Å². The van der Waals surface area contributed by atoms with Crippen molar-refractivity contribution in [2.75, 3.05) is 0 Å². The Morgan fingerprint density at radius 2 is 1.53 bits per heavy atom. The molecule has 4 heteroatoms. The van der Waals surface area contributed by atoms with Crippen LogP contribution in [0.25, 0.3) is 0 Å². The summed E-state index contributed by atoms with van der Waals surface area (Å²) in [4.78, 5) is 24.0. The molecule has 0 atom stereocenters. The molecule has 0 bridgehead atoms. The molecule has 0 aliphatic rings. The fourth-order valence-electron chi connectivity index (χ4n) is 1.80. The van der Waals surface area contributed by atoms with E-state index in [4.69, 9.17) is 23.2 Å². The summed E-state index contributed by atoms with van der Waals surface area (Å²) < 4.78 is 0. The lowest BCUT2D eigenvalue weighted by atomic mass is 9.96. The molecule has 2 rings (SSSR count). The van der Waals surface area contributed by atoms with E-state index in [2.05, 4.69) is 0 Å². The molecule has 2 aromatic carbocycles. The zero-order chi connectivity index (χ0) is 14.0. The maximum Gasteiger partial charge on any atom is 0.195 e. The molecule has 0 heterocycles. The average molecular weight is 293 g/mol. The van der Waals surface area contributed by atoms with Gasteiger partial charge in [0.1, 0.15) is 0 Å². The minimum Gasteiger partial charge on any atom is -0.294 e. The van der Waals surface area contributed by atoms with E-state index in [0.717, 1.165) is 0 Å². The molecule has 0 aliphatic heterocycles. The van der Waals surface area contributed by atoms with Crippen molar-refractivity contribution in [2.45, 2.75) is 6.92 Å². The molecule has 0 spiro atoms. The van der Waals surface area contributed by atoms with Crippen LogP contribution in [0.15, 0.2) is 42.5 Å². The Kier molecular flexibility index (Phi) is 4.03. The van der Waals surface area contributed by atoms with Crippen LogP contribution in [0.2, 0.25) is 10.0 Å². The Balaban J connectivity index is 2.56. The number of rotatable bonds is 3. The Labute approximate surface area is 121 Å². The highest BCUT2D eigenvalue weighted by atomic mass is 35.5. The third-order valence-electron chi connectivity index (χ3n) is 2.72. The van der Waals surface area contributed by atoms with Gasteiger partial charge in [-0.25, -0.2) is 0 Å². The van der Waals surface area contributed by atoms with Crippen LogP contribution in [0.4, 0.5) is 0 Å². The maximum atomic E-state index is 12.4. The molecule has 0 radical (unpaired) electrons. The predicted octanol–water partition coefficient (Wildman–Crippen LogP) is 4.43. The predicted molar refractivity (Wildman–Crippen MR) is 76.3 cm³/mol. The van der Waals surface area contributed by atoms with Crippen LogP contribution in [0.1, 0.15) is 33.2 Å². The van der Waals surface area contributed by atoms with Crippen LogP contribution in [0.5, 0.6) is 0 Å². The molecule has 0 saturated heterocycles. The largest absolute Gasteiger partial charge is 0.294 e. The molecular formula is C15H10Cl2O2. The number of halogens is 2. The molecule has 0 N–H and O–H groups in total. The molecular weight excluding hydrogens is 283 g/mol. The molecule has 96 valence electrons. The van der Waals surface area contributed by atoms with Crippen LogP contribution in [0.3, 0.4) is 0 Å². The van der Waals surface area contributed by atoms with Crippen molar-refractivity contribution in [3.05, 3.63) is 69.2 Å². The van der Waals surface area contributed by atoms with Crippen LogP contribution in [0, 0.1) is 0 Å². The fraction of sp³-hybridized carbons (Fsp3) is 0.0667. The zero-order valence-corrected chi connectivity index (χ0v) is 11.6. The monoisotopic (exact) mass is 292 g/mol. The highest BCUT2D eigenvalue weighted by molar-refractivity contribution is 6.37. The second-order valence-electron chi connectivity index (χ2n) is 4.06. The van der Waals surface area contributed by atoms with E-state index in [9.17, 15) is 9.59 Å². The molecule has 0 fully saturated rings. The van der Waals surface area contributed by atoms with Crippen LogP contribution in [-0.4, -0.2) is 11.6 Å². The number of Topliss-reactive ketones (excluding diaryl/α,β-unsaturated/α-hetero) is 1. The van der Waals surface area contributed by atoms with E-state index < -0.39 is 0 Å². The van der Waals surface area contributed by atoms with Gasteiger partial charge in [-0.05, 0) is 25.1 Å². The average Bonchev–Trinajstić information content (AvgIpc) is 2.40. The van der Waals surface area contributed by atoms with Gasteiger partial charge in [0, 0.05) is 21.7 Å². The van der Waals surface area contributed by atoms with Crippen molar-refractivity contribution in [1.82, 2.24) is 0 Å². The van der Waals surface area contributed by atoms with Gasteiger partial charge in [0.15, 0.2) is 11.6 Å². The Hall–Kier alpha value is -1.64. The van der Waals surface area contributed by atoms with Crippen molar-refractivity contribution in [3.63, 3.8) is 0 Å². The van der Waals surface area contributed by atoms with Gasteiger partial charge < -0.3 is 0 Å². The lowest BCUT2D eigenvalue weighted by Crippen LogP contribution is -2.08. The first kappa shape index (κ1) is 13.8. The molecule has 0 saturated carbocycles. The standard InChI is InChI=1S/C15H10Cl2O2/c1-9(18)11-4-2-3-5-12(11)15(19)13-8-10(16)6-7-14(13)17/h2-8H,1H3. The SMILES string of the molecule is CC(=O)c1ccccc1C(=O)c1cc(Cl)ccc1Cl. The second-order valence-corrected chi connectivity index (χ2v) is 4.90. The molecule has 0 unspecified atom stereocenters. The van der Waals surface area contributed by atoms with Gasteiger partial charge in [-0.1, -0.05) is 47.5 Å². The Morgan fingerprint density at radius 3 is 2.16 bits per heavy atom. The summed E-state index contributed by atoms with van der Waals surface area (Å²) in [6.07, 6.45) is 0. The topological polar surface area (TPSA) is 34.1 Å². The van der Waals surface area contributed by atoms with Gasteiger partial charge in [-0.2, -0.15) is 0 Å². The normalized spacial score (nSPS) is 10.3.